The van der Waals surface area contributed by atoms with Crippen LogP contribution in [0.4, 0.5) is 0 Å². The van der Waals surface area contributed by atoms with E-state index in [1.54, 1.807) is 14.0 Å². The molecular weight excluding hydrogens is 291 g/mol. The molecule has 0 unspecified atom stereocenters. The van der Waals surface area contributed by atoms with E-state index in [9.17, 15) is 0 Å². The van der Waals surface area contributed by atoms with Crippen molar-refractivity contribution in [3.63, 3.8) is 0 Å². The van der Waals surface area contributed by atoms with Crippen molar-refractivity contribution in [3.05, 3.63) is 11.4 Å². The molecule has 1 aromatic rings. The van der Waals surface area contributed by atoms with Crippen molar-refractivity contribution in [2.24, 2.45) is 7.05 Å². The average Bonchev–Trinajstić information content (AvgIpc) is 2.30. The topological polar surface area (TPSA) is 30.7 Å². The lowest BCUT2D eigenvalue weighted by molar-refractivity contribution is 0.695. The van der Waals surface area contributed by atoms with Gasteiger partial charge in [0.1, 0.15) is 5.69 Å². The standard InChI is InChI=1S/C6H6Cl5N3/c1-3-4(12-13-14(3)2)5(7,8)6(9,10)11/h1-2H3. The molecule has 1 heterocycles. The first-order valence-electron chi connectivity index (χ1n) is 3.49. The Morgan fingerprint density at radius 3 is 1.93 bits per heavy atom. The van der Waals surface area contributed by atoms with E-state index in [-0.39, 0.29) is 5.69 Å². The van der Waals surface area contributed by atoms with Crippen LogP contribution in [-0.2, 0) is 11.4 Å². The van der Waals surface area contributed by atoms with Crippen LogP contribution in [-0.4, -0.2) is 18.8 Å². The largest absolute Gasteiger partial charge is 0.252 e. The first kappa shape index (κ1) is 12.7. The van der Waals surface area contributed by atoms with Gasteiger partial charge < -0.3 is 0 Å². The lowest BCUT2D eigenvalue weighted by atomic mass is 10.2. The molecule has 0 aromatic carbocycles. The van der Waals surface area contributed by atoms with Crippen molar-refractivity contribution in [2.45, 2.75) is 15.0 Å². The normalized spacial score (nSPS) is 13.4. The fourth-order valence-corrected chi connectivity index (χ4v) is 1.45. The summed E-state index contributed by atoms with van der Waals surface area (Å²) < 4.78 is -2.09. The van der Waals surface area contributed by atoms with E-state index in [0.29, 0.717) is 5.69 Å². The van der Waals surface area contributed by atoms with Gasteiger partial charge >= 0.3 is 0 Å². The molecule has 0 bridgehead atoms. The molecule has 8 heteroatoms. The van der Waals surface area contributed by atoms with Gasteiger partial charge in [0, 0.05) is 7.05 Å². The highest BCUT2D eigenvalue weighted by atomic mass is 35.6. The van der Waals surface area contributed by atoms with E-state index in [1.165, 1.54) is 4.68 Å². The lowest BCUT2D eigenvalue weighted by Gasteiger charge is -2.25. The average molecular weight is 297 g/mol. The summed E-state index contributed by atoms with van der Waals surface area (Å²) in [6.45, 7) is 1.73. The Bertz CT molecular complexity index is 340. The molecule has 0 saturated heterocycles. The van der Waals surface area contributed by atoms with Crippen LogP contribution in [0.15, 0.2) is 0 Å². The number of hydrogen-bond acceptors (Lipinski definition) is 2. The van der Waals surface area contributed by atoms with Crippen LogP contribution in [0.2, 0.25) is 0 Å². The van der Waals surface area contributed by atoms with Crippen LogP contribution in [0, 0.1) is 6.92 Å². The van der Waals surface area contributed by atoms with Crippen molar-refractivity contribution < 1.29 is 0 Å². The van der Waals surface area contributed by atoms with E-state index < -0.39 is 8.13 Å². The molecule has 14 heavy (non-hydrogen) atoms. The van der Waals surface area contributed by atoms with Gasteiger partial charge in [-0.15, -0.1) is 5.10 Å². The number of nitrogens with zero attached hydrogens (tertiary/aromatic N) is 3. The van der Waals surface area contributed by atoms with Crippen LogP contribution < -0.4 is 0 Å². The molecule has 0 spiro atoms. The summed E-state index contributed by atoms with van der Waals surface area (Å²) in [6, 6.07) is 0. The zero-order valence-corrected chi connectivity index (χ0v) is 11.0. The molecule has 0 aliphatic heterocycles. The maximum absolute atomic E-state index is 5.91. The third kappa shape index (κ3) is 2.07. The minimum absolute atomic E-state index is 0.239. The van der Waals surface area contributed by atoms with Gasteiger partial charge in [0.15, 0.2) is 0 Å². The Balaban J connectivity index is 3.23. The van der Waals surface area contributed by atoms with E-state index in [0.717, 1.165) is 0 Å². The highest BCUT2D eigenvalue weighted by molar-refractivity contribution is 6.75. The lowest BCUT2D eigenvalue weighted by Crippen LogP contribution is -2.29. The van der Waals surface area contributed by atoms with Crippen molar-refractivity contribution in [1.29, 1.82) is 0 Å². The molecule has 1 rings (SSSR count). The molecular formula is C6H6Cl5N3. The molecule has 1 aromatic heterocycles. The van der Waals surface area contributed by atoms with E-state index >= 15 is 0 Å². The molecule has 0 saturated carbocycles. The second-order valence-corrected chi connectivity index (χ2v) is 6.33. The van der Waals surface area contributed by atoms with Gasteiger partial charge in [-0.3, -0.25) is 4.68 Å². The second-order valence-electron chi connectivity index (χ2n) is 2.72. The van der Waals surface area contributed by atoms with Gasteiger partial charge in [-0.1, -0.05) is 63.2 Å². The number of aromatic nitrogens is 3. The zero-order valence-electron chi connectivity index (χ0n) is 7.23. The Labute approximate surface area is 106 Å². The first-order chi connectivity index (χ1) is 6.18. The number of rotatable bonds is 1. The second kappa shape index (κ2) is 3.87. The Kier molecular flexibility index (Phi) is 3.50. The molecule has 80 valence electrons. The third-order valence-electron chi connectivity index (χ3n) is 1.76. The van der Waals surface area contributed by atoms with Crippen LogP contribution in [0.5, 0.6) is 0 Å². The molecule has 0 aliphatic rings. The Morgan fingerprint density at radius 2 is 1.64 bits per heavy atom. The first-order valence-corrected chi connectivity index (χ1v) is 5.38. The van der Waals surface area contributed by atoms with Gasteiger partial charge in [0.25, 0.3) is 0 Å². The van der Waals surface area contributed by atoms with Crippen molar-refractivity contribution in [1.82, 2.24) is 15.0 Å². The third-order valence-corrected chi connectivity index (χ3v) is 4.12. The van der Waals surface area contributed by atoms with Gasteiger partial charge in [-0.05, 0) is 6.92 Å². The van der Waals surface area contributed by atoms with Gasteiger partial charge in [0.2, 0.25) is 8.13 Å². The van der Waals surface area contributed by atoms with Crippen molar-refractivity contribution in [2.75, 3.05) is 0 Å². The minimum atomic E-state index is -1.86. The minimum Gasteiger partial charge on any atom is -0.252 e. The van der Waals surface area contributed by atoms with Crippen molar-refractivity contribution in [3.8, 4) is 0 Å². The maximum atomic E-state index is 5.91. The van der Waals surface area contributed by atoms with Crippen molar-refractivity contribution >= 4 is 58.0 Å². The maximum Gasteiger partial charge on any atom is 0.228 e. The summed E-state index contributed by atoms with van der Waals surface area (Å²) in [4.78, 5) is 0. The molecule has 0 atom stereocenters. The number of aryl methyl sites for hydroxylation is 1. The molecule has 3 nitrogen and oxygen atoms in total. The number of hydrogen-bond donors (Lipinski definition) is 0. The molecule has 0 radical (unpaired) electrons. The smallest absolute Gasteiger partial charge is 0.228 e. The number of halogens is 5. The summed E-state index contributed by atoms with van der Waals surface area (Å²) in [5.74, 6) is 0. The SMILES string of the molecule is Cc1c(C(Cl)(Cl)C(Cl)(Cl)Cl)nnn1C. The van der Waals surface area contributed by atoms with Crippen LogP contribution in [0.1, 0.15) is 11.4 Å². The van der Waals surface area contributed by atoms with E-state index in [2.05, 4.69) is 10.3 Å². The summed E-state index contributed by atoms with van der Waals surface area (Å²) >= 11 is 28.7. The van der Waals surface area contributed by atoms with Gasteiger partial charge in [-0.2, -0.15) is 0 Å². The molecule has 0 N–H and O–H groups in total. The summed E-state index contributed by atoms with van der Waals surface area (Å²) in [6.07, 6.45) is 0. The predicted octanol–water partition coefficient (Wildman–Crippen LogP) is 3.12. The molecule has 0 fully saturated rings. The van der Waals surface area contributed by atoms with Crippen LogP contribution in [0.3, 0.4) is 0 Å². The Hall–Kier alpha value is 0.590. The summed E-state index contributed by atoms with van der Waals surface area (Å²) in [5.41, 5.74) is 0.879. The zero-order chi connectivity index (χ0) is 11.1. The van der Waals surface area contributed by atoms with Gasteiger partial charge in [-0.25, -0.2) is 0 Å². The summed E-state index contributed by atoms with van der Waals surface area (Å²) in [7, 11) is 1.69. The quantitative estimate of drug-likeness (QED) is 0.746. The van der Waals surface area contributed by atoms with E-state index in [4.69, 9.17) is 58.0 Å². The molecule has 0 amide bonds. The van der Waals surface area contributed by atoms with Crippen LogP contribution >= 0.6 is 58.0 Å². The molecule has 0 aliphatic carbocycles. The predicted molar refractivity (Wildman–Crippen MR) is 59.4 cm³/mol. The van der Waals surface area contributed by atoms with Crippen LogP contribution in [0.25, 0.3) is 0 Å². The highest BCUT2D eigenvalue weighted by Crippen LogP contribution is 2.52. The Morgan fingerprint density at radius 1 is 1.14 bits per heavy atom. The fraction of sp³-hybridized carbons (Fsp3) is 0.667. The highest BCUT2D eigenvalue weighted by Gasteiger charge is 2.50. The van der Waals surface area contributed by atoms with Gasteiger partial charge in [0.05, 0.1) is 5.69 Å². The fourth-order valence-electron chi connectivity index (χ4n) is 0.829. The number of alkyl halides is 5. The monoisotopic (exact) mass is 295 g/mol. The van der Waals surface area contributed by atoms with E-state index in [1.807, 2.05) is 0 Å². The summed E-state index contributed by atoms with van der Waals surface area (Å²) in [5, 5.41) is 7.47.